The lowest BCUT2D eigenvalue weighted by atomic mass is 10.1. The summed E-state index contributed by atoms with van der Waals surface area (Å²) in [7, 11) is 0. The lowest BCUT2D eigenvalue weighted by molar-refractivity contribution is -0.110. The summed E-state index contributed by atoms with van der Waals surface area (Å²) < 4.78 is 0. The van der Waals surface area contributed by atoms with Crippen LogP contribution in [0, 0.1) is 0 Å². The third-order valence-corrected chi connectivity index (χ3v) is 1.53. The molecule has 0 unspecified atom stereocenters. The number of carbonyl (C=O) groups is 2. The van der Waals surface area contributed by atoms with Gasteiger partial charge < -0.3 is 0 Å². The van der Waals surface area contributed by atoms with Crippen molar-refractivity contribution in [2.75, 3.05) is 0 Å². The molecule has 2 rings (SSSR count). The molecule has 0 heterocycles. The van der Waals surface area contributed by atoms with Crippen LogP contribution in [0.15, 0.2) is 10.9 Å². The van der Waals surface area contributed by atoms with Crippen LogP contribution in [0.1, 0.15) is 15.9 Å². The molecule has 0 amide bonds. The van der Waals surface area contributed by atoms with Crippen molar-refractivity contribution in [2.45, 2.75) is 0 Å². The third-order valence-electron chi connectivity index (χ3n) is 1.53. The first-order valence-electron chi connectivity index (χ1n) is 2.77. The van der Waals surface area contributed by atoms with Crippen LogP contribution in [-0.4, -0.2) is 11.6 Å². The Labute approximate surface area is 55.6 Å². The van der Waals surface area contributed by atoms with E-state index in [9.17, 15) is 14.4 Å². The van der Waals surface area contributed by atoms with Gasteiger partial charge in [-0.05, 0) is 12.2 Å². The predicted molar refractivity (Wildman–Crippen MR) is 33.5 cm³/mol. The average Bonchev–Trinajstić information content (AvgIpc) is 2.54. The number of ketones is 2. The molecule has 3 nitrogen and oxygen atoms in total. The number of hydrogen-bond acceptors (Lipinski definition) is 3. The van der Waals surface area contributed by atoms with E-state index >= 15 is 0 Å². The minimum Gasteiger partial charge on any atom is -0.288 e. The predicted octanol–water partition coefficient (Wildman–Crippen LogP) is -0.299. The monoisotopic (exact) mass is 134 g/mol. The molecule has 0 radical (unpaired) electrons. The van der Waals surface area contributed by atoms with Crippen molar-refractivity contribution in [3.05, 3.63) is 27.4 Å². The molecular formula is C7H2O3. The van der Waals surface area contributed by atoms with Crippen molar-refractivity contribution in [2.24, 2.45) is 0 Å². The van der Waals surface area contributed by atoms with Crippen molar-refractivity contribution in [1.82, 2.24) is 0 Å². The molecule has 10 heavy (non-hydrogen) atoms. The molecule has 0 aliphatic heterocycles. The number of rotatable bonds is 0. The largest absolute Gasteiger partial charge is 0.288 e. The van der Waals surface area contributed by atoms with E-state index < -0.39 is 11.6 Å². The fourth-order valence-electron chi connectivity index (χ4n) is 0.926. The van der Waals surface area contributed by atoms with E-state index in [1.54, 1.807) is 0 Å². The standard InChI is InChI=1S/C7H2O3/c8-4-2-1-3-5(6(3)9)7(4)10/h1-2H. The minimum atomic E-state index is -0.650. The van der Waals surface area contributed by atoms with Crippen LogP contribution in [0.5, 0.6) is 0 Å². The van der Waals surface area contributed by atoms with E-state index in [-0.39, 0.29) is 11.0 Å². The van der Waals surface area contributed by atoms with Gasteiger partial charge in [-0.15, -0.1) is 0 Å². The van der Waals surface area contributed by atoms with E-state index in [0.29, 0.717) is 5.56 Å². The molecule has 3 heteroatoms. The Balaban J connectivity index is 2.64. The minimum absolute atomic E-state index is 0.0903. The van der Waals surface area contributed by atoms with Gasteiger partial charge in [-0.25, -0.2) is 0 Å². The first kappa shape index (κ1) is 5.29. The molecule has 0 saturated heterocycles. The molecule has 0 atom stereocenters. The smallest absolute Gasteiger partial charge is 0.237 e. The summed E-state index contributed by atoms with van der Waals surface area (Å²) in [6.45, 7) is 0. The van der Waals surface area contributed by atoms with Gasteiger partial charge in [-0.1, -0.05) is 0 Å². The van der Waals surface area contributed by atoms with Crippen molar-refractivity contribution in [3.63, 3.8) is 0 Å². The summed E-state index contributed by atoms with van der Waals surface area (Å²) in [5, 5.41) is 0. The molecule has 0 saturated carbocycles. The second-order valence-corrected chi connectivity index (χ2v) is 2.14. The highest BCUT2D eigenvalue weighted by atomic mass is 16.2. The number of fused-ring (bicyclic) bond motifs is 1. The summed E-state index contributed by atoms with van der Waals surface area (Å²) in [6.07, 6.45) is 2.52. The summed E-state index contributed by atoms with van der Waals surface area (Å²) in [5.74, 6) is -1.24. The van der Waals surface area contributed by atoms with Crippen LogP contribution < -0.4 is 5.43 Å². The Kier molecular flexibility index (Phi) is 0.695. The maximum Gasteiger partial charge on any atom is 0.237 e. The molecular weight excluding hydrogens is 132 g/mol. The fourth-order valence-corrected chi connectivity index (χ4v) is 0.926. The van der Waals surface area contributed by atoms with Crippen molar-refractivity contribution in [3.8, 4) is 0 Å². The van der Waals surface area contributed by atoms with Gasteiger partial charge in [0.25, 0.3) is 0 Å². The zero-order chi connectivity index (χ0) is 7.30. The highest BCUT2D eigenvalue weighted by Gasteiger charge is 2.33. The van der Waals surface area contributed by atoms with E-state index in [1.165, 1.54) is 6.08 Å². The zero-order valence-electron chi connectivity index (χ0n) is 4.88. The van der Waals surface area contributed by atoms with Gasteiger partial charge in [0.15, 0.2) is 5.43 Å². The molecule has 0 aromatic heterocycles. The Hall–Kier alpha value is -1.51. The Morgan fingerprint density at radius 2 is 1.70 bits per heavy atom. The molecule has 0 spiro atoms. The molecule has 1 aliphatic rings. The van der Waals surface area contributed by atoms with Crippen molar-refractivity contribution >= 4 is 17.6 Å². The van der Waals surface area contributed by atoms with Gasteiger partial charge in [0.1, 0.15) is 0 Å². The average molecular weight is 134 g/mol. The molecule has 0 fully saturated rings. The van der Waals surface area contributed by atoms with Crippen LogP contribution >= 0.6 is 0 Å². The SMILES string of the molecule is O=C1C=Cc2c(c2=O)C1=O. The molecule has 0 bridgehead atoms. The quantitative estimate of drug-likeness (QED) is 0.458. The molecule has 1 aromatic rings. The van der Waals surface area contributed by atoms with E-state index in [0.717, 1.165) is 6.08 Å². The van der Waals surface area contributed by atoms with Crippen molar-refractivity contribution in [1.29, 1.82) is 0 Å². The third kappa shape index (κ3) is 0.424. The van der Waals surface area contributed by atoms with Crippen LogP contribution in [-0.2, 0) is 4.79 Å². The topological polar surface area (TPSA) is 51.2 Å². The lowest BCUT2D eigenvalue weighted by Crippen LogP contribution is -2.10. The van der Waals surface area contributed by atoms with Crippen LogP contribution in [0.25, 0.3) is 6.08 Å². The fraction of sp³-hybridized carbons (Fsp3) is 0. The lowest BCUT2D eigenvalue weighted by Gasteiger charge is -1.88. The maximum absolute atomic E-state index is 10.7. The molecule has 1 aromatic carbocycles. The van der Waals surface area contributed by atoms with Gasteiger partial charge in [0.2, 0.25) is 11.6 Å². The summed E-state index contributed by atoms with van der Waals surface area (Å²) in [4.78, 5) is 31.8. The number of carbonyl (C=O) groups excluding carboxylic acids is 2. The summed E-state index contributed by atoms with van der Waals surface area (Å²) >= 11 is 0. The van der Waals surface area contributed by atoms with Gasteiger partial charge in [-0.3, -0.25) is 14.4 Å². The number of allylic oxidation sites excluding steroid dienone is 1. The molecule has 0 N–H and O–H groups in total. The van der Waals surface area contributed by atoms with E-state index in [2.05, 4.69) is 0 Å². The van der Waals surface area contributed by atoms with Gasteiger partial charge in [0.05, 0.1) is 5.56 Å². The van der Waals surface area contributed by atoms with Crippen LogP contribution in [0.4, 0.5) is 0 Å². The Morgan fingerprint density at radius 1 is 1.00 bits per heavy atom. The van der Waals surface area contributed by atoms with Gasteiger partial charge in [0, 0.05) is 5.56 Å². The first-order valence-corrected chi connectivity index (χ1v) is 2.77. The highest BCUT2D eigenvalue weighted by Crippen LogP contribution is 2.17. The van der Waals surface area contributed by atoms with Crippen molar-refractivity contribution < 1.29 is 9.59 Å². The first-order chi connectivity index (χ1) is 4.72. The van der Waals surface area contributed by atoms with E-state index in [4.69, 9.17) is 0 Å². The van der Waals surface area contributed by atoms with Crippen LogP contribution in [0.2, 0.25) is 0 Å². The second kappa shape index (κ2) is 1.31. The highest BCUT2D eigenvalue weighted by molar-refractivity contribution is 6.51. The second-order valence-electron chi connectivity index (χ2n) is 2.14. The van der Waals surface area contributed by atoms with Gasteiger partial charge >= 0.3 is 0 Å². The van der Waals surface area contributed by atoms with Crippen LogP contribution in [0.3, 0.4) is 0 Å². The van der Waals surface area contributed by atoms with Gasteiger partial charge in [-0.2, -0.15) is 0 Å². The zero-order valence-corrected chi connectivity index (χ0v) is 4.88. The Bertz CT molecular complexity index is 375. The molecule has 48 valence electrons. The normalized spacial score (nSPS) is 16.4. The Morgan fingerprint density at radius 3 is 2.30 bits per heavy atom. The van der Waals surface area contributed by atoms with E-state index in [1.807, 2.05) is 0 Å². The molecule has 1 aliphatic carbocycles. The summed E-state index contributed by atoms with van der Waals surface area (Å²) in [6, 6.07) is 0. The maximum atomic E-state index is 10.7. The number of Topliss-reactive ketones (excluding diaryl/α,β-unsaturated/α-hetero) is 1. The number of hydrogen-bond donors (Lipinski definition) is 0. The summed E-state index contributed by atoms with van der Waals surface area (Å²) in [5.41, 5.74) is 0.226.